The molecule has 4 heteroatoms. The van der Waals surface area contributed by atoms with E-state index in [4.69, 9.17) is 9.47 Å². The van der Waals surface area contributed by atoms with E-state index >= 15 is 0 Å². The summed E-state index contributed by atoms with van der Waals surface area (Å²) in [5, 5.41) is 0. The number of ether oxygens (including phenoxy) is 2. The number of hydrogen-bond acceptors (Lipinski definition) is 3. The van der Waals surface area contributed by atoms with E-state index in [1.54, 1.807) is 24.3 Å². The highest BCUT2D eigenvalue weighted by atomic mass is 79.9. The zero-order valence-electron chi connectivity index (χ0n) is 11.7. The molecule has 0 N–H and O–H groups in total. The van der Waals surface area contributed by atoms with Gasteiger partial charge in [-0.25, -0.2) is 4.79 Å². The molecule has 0 aromatic heterocycles. The lowest BCUT2D eigenvalue weighted by atomic mass is 9.94. The highest BCUT2D eigenvalue weighted by molar-refractivity contribution is 9.09. The molecule has 0 aliphatic carbocycles. The summed E-state index contributed by atoms with van der Waals surface area (Å²) in [6.07, 6.45) is 2.49. The number of carbonyl (C=O) groups is 1. The predicted molar refractivity (Wildman–Crippen MR) is 79.9 cm³/mol. The van der Waals surface area contributed by atoms with Crippen LogP contribution in [0.2, 0.25) is 0 Å². The molecule has 0 amide bonds. The molecule has 0 saturated heterocycles. The van der Waals surface area contributed by atoms with Crippen LogP contribution in [-0.4, -0.2) is 17.1 Å². The van der Waals surface area contributed by atoms with Gasteiger partial charge in [-0.1, -0.05) is 20.8 Å². The minimum absolute atomic E-state index is 0.268. The van der Waals surface area contributed by atoms with Crippen molar-refractivity contribution in [2.75, 3.05) is 5.52 Å². The molecular weight excluding hydrogens is 308 g/mol. The minimum Gasteiger partial charge on any atom is -0.482 e. The highest BCUT2D eigenvalue weighted by Crippen LogP contribution is 2.26. The minimum atomic E-state index is -0.345. The fourth-order valence-electron chi connectivity index (χ4n) is 1.97. The van der Waals surface area contributed by atoms with E-state index in [1.165, 1.54) is 0 Å². The molecule has 0 atom stereocenters. The smallest absolute Gasteiger partial charge is 0.338 e. The first kappa shape index (κ1) is 16.0. The van der Waals surface area contributed by atoms with Gasteiger partial charge in [0.25, 0.3) is 0 Å². The second kappa shape index (κ2) is 7.53. The third-order valence-electron chi connectivity index (χ3n) is 3.55. The average Bonchev–Trinajstić information content (AvgIpc) is 2.46. The Labute approximate surface area is 123 Å². The van der Waals surface area contributed by atoms with Gasteiger partial charge in [0.1, 0.15) is 16.9 Å². The van der Waals surface area contributed by atoms with Crippen molar-refractivity contribution >= 4 is 21.9 Å². The molecule has 106 valence electrons. The van der Waals surface area contributed by atoms with E-state index in [-0.39, 0.29) is 11.6 Å². The standard InChI is InChI=1S/C15H21BrO3/c1-4-15(5-2,6-3)19-14(17)12-7-9-13(10-8-12)18-11-16/h7-10H,4-6,11H2,1-3H3. The van der Waals surface area contributed by atoms with Crippen molar-refractivity contribution in [1.29, 1.82) is 0 Å². The topological polar surface area (TPSA) is 35.5 Å². The summed E-state index contributed by atoms with van der Waals surface area (Å²) in [4.78, 5) is 12.1. The molecule has 0 fully saturated rings. The maximum absolute atomic E-state index is 12.1. The molecular formula is C15H21BrO3. The van der Waals surface area contributed by atoms with Gasteiger partial charge in [-0.2, -0.15) is 0 Å². The van der Waals surface area contributed by atoms with Gasteiger partial charge in [0.15, 0.2) is 0 Å². The van der Waals surface area contributed by atoms with Crippen molar-refractivity contribution in [1.82, 2.24) is 0 Å². The fraction of sp³-hybridized carbons (Fsp3) is 0.533. The van der Waals surface area contributed by atoms with Crippen LogP contribution >= 0.6 is 15.9 Å². The fourth-order valence-corrected chi connectivity index (χ4v) is 2.24. The Kier molecular flexibility index (Phi) is 6.35. The maximum atomic E-state index is 12.1. The first-order valence-electron chi connectivity index (χ1n) is 6.63. The molecule has 19 heavy (non-hydrogen) atoms. The second-order valence-corrected chi connectivity index (χ2v) is 4.87. The Morgan fingerprint density at radius 1 is 1.11 bits per heavy atom. The van der Waals surface area contributed by atoms with Gasteiger partial charge >= 0.3 is 5.97 Å². The summed E-state index contributed by atoms with van der Waals surface area (Å²) in [6.45, 7) is 6.15. The van der Waals surface area contributed by atoms with Gasteiger partial charge in [-0.3, -0.25) is 0 Å². The summed E-state index contributed by atoms with van der Waals surface area (Å²) in [5.41, 5.74) is 0.644. The second-order valence-electron chi connectivity index (χ2n) is 4.41. The summed E-state index contributed by atoms with van der Waals surface area (Å²) in [6, 6.07) is 6.99. The van der Waals surface area contributed by atoms with Crippen LogP contribution in [0.5, 0.6) is 5.75 Å². The van der Waals surface area contributed by atoms with E-state index in [1.807, 2.05) is 20.8 Å². The van der Waals surface area contributed by atoms with Gasteiger partial charge in [0.2, 0.25) is 0 Å². The molecule has 0 spiro atoms. The van der Waals surface area contributed by atoms with Gasteiger partial charge in [-0.15, -0.1) is 0 Å². The average molecular weight is 329 g/mol. The molecule has 0 aliphatic rings. The van der Waals surface area contributed by atoms with E-state index in [9.17, 15) is 4.79 Å². The van der Waals surface area contributed by atoms with Crippen LogP contribution in [0.3, 0.4) is 0 Å². The Morgan fingerprint density at radius 3 is 2.05 bits per heavy atom. The lowest BCUT2D eigenvalue weighted by Gasteiger charge is -2.30. The Morgan fingerprint density at radius 2 is 1.63 bits per heavy atom. The van der Waals surface area contributed by atoms with Crippen molar-refractivity contribution in [3.63, 3.8) is 0 Å². The lowest BCUT2D eigenvalue weighted by Crippen LogP contribution is -2.33. The number of benzene rings is 1. The number of hydrogen-bond donors (Lipinski definition) is 0. The van der Waals surface area contributed by atoms with Crippen molar-refractivity contribution in [2.45, 2.75) is 45.6 Å². The first-order valence-corrected chi connectivity index (χ1v) is 7.75. The van der Waals surface area contributed by atoms with Crippen LogP contribution in [0.4, 0.5) is 0 Å². The first-order chi connectivity index (χ1) is 9.10. The Balaban J connectivity index is 2.77. The van der Waals surface area contributed by atoms with Crippen LogP contribution in [-0.2, 0) is 4.74 Å². The van der Waals surface area contributed by atoms with Gasteiger partial charge < -0.3 is 9.47 Å². The summed E-state index contributed by atoms with van der Waals surface area (Å²) in [7, 11) is 0. The van der Waals surface area contributed by atoms with Crippen molar-refractivity contribution < 1.29 is 14.3 Å². The van der Waals surface area contributed by atoms with Crippen LogP contribution in [0, 0.1) is 0 Å². The molecule has 0 bridgehead atoms. The van der Waals surface area contributed by atoms with Crippen molar-refractivity contribution in [3.8, 4) is 5.75 Å². The Bertz CT molecular complexity index is 388. The predicted octanol–water partition coefficient (Wildman–Crippen LogP) is 4.54. The highest BCUT2D eigenvalue weighted by Gasteiger charge is 2.28. The third-order valence-corrected chi connectivity index (χ3v) is 3.78. The third kappa shape index (κ3) is 4.23. The van der Waals surface area contributed by atoms with Crippen LogP contribution in [0.1, 0.15) is 50.4 Å². The van der Waals surface area contributed by atoms with Gasteiger partial charge in [0.05, 0.1) is 5.56 Å². The maximum Gasteiger partial charge on any atom is 0.338 e. The zero-order chi connectivity index (χ0) is 14.3. The molecule has 1 rings (SSSR count). The number of halogens is 1. The summed E-state index contributed by atoms with van der Waals surface area (Å²) >= 11 is 3.19. The van der Waals surface area contributed by atoms with Gasteiger partial charge in [-0.05, 0) is 59.5 Å². The normalized spacial score (nSPS) is 11.2. The molecule has 0 saturated carbocycles. The van der Waals surface area contributed by atoms with E-state index in [2.05, 4.69) is 15.9 Å². The summed E-state index contributed by atoms with van der Waals surface area (Å²) < 4.78 is 11.0. The van der Waals surface area contributed by atoms with Crippen LogP contribution in [0.25, 0.3) is 0 Å². The molecule has 0 heterocycles. The molecule has 0 unspecified atom stereocenters. The van der Waals surface area contributed by atoms with Crippen molar-refractivity contribution in [3.05, 3.63) is 29.8 Å². The number of esters is 1. The zero-order valence-corrected chi connectivity index (χ0v) is 13.3. The van der Waals surface area contributed by atoms with E-state index in [0.717, 1.165) is 25.0 Å². The quantitative estimate of drug-likeness (QED) is 0.544. The monoisotopic (exact) mass is 328 g/mol. The molecule has 1 aromatic rings. The number of rotatable bonds is 7. The molecule has 0 radical (unpaired) electrons. The van der Waals surface area contributed by atoms with Crippen LogP contribution < -0.4 is 4.74 Å². The van der Waals surface area contributed by atoms with E-state index in [0.29, 0.717) is 11.1 Å². The molecule has 0 aliphatic heterocycles. The Hall–Kier alpha value is -1.03. The van der Waals surface area contributed by atoms with Crippen molar-refractivity contribution in [2.24, 2.45) is 0 Å². The van der Waals surface area contributed by atoms with E-state index < -0.39 is 0 Å². The van der Waals surface area contributed by atoms with Crippen LogP contribution in [0.15, 0.2) is 24.3 Å². The molecule has 1 aromatic carbocycles. The number of carbonyl (C=O) groups excluding carboxylic acids is 1. The largest absolute Gasteiger partial charge is 0.482 e. The number of alkyl halides is 1. The lowest BCUT2D eigenvalue weighted by molar-refractivity contribution is -0.0249. The van der Waals surface area contributed by atoms with Gasteiger partial charge in [0, 0.05) is 0 Å². The molecule has 3 nitrogen and oxygen atoms in total. The summed E-state index contributed by atoms with van der Waals surface area (Å²) in [5.74, 6) is 0.456. The SMILES string of the molecule is CCC(CC)(CC)OC(=O)c1ccc(OCBr)cc1.